The first-order chi connectivity index (χ1) is 10.0. The smallest absolute Gasteiger partial charge is 0.308 e. The Hall–Kier alpha value is -2.04. The fraction of sp³-hybridized carbons (Fsp3) is 0.500. The van der Waals surface area contributed by atoms with Crippen LogP contribution in [0.3, 0.4) is 0 Å². The number of aliphatic carboxylic acids is 1. The van der Waals surface area contributed by atoms with Crippen LogP contribution >= 0.6 is 0 Å². The molecule has 0 aliphatic heterocycles. The summed E-state index contributed by atoms with van der Waals surface area (Å²) in [4.78, 5) is 23.4. The van der Waals surface area contributed by atoms with Gasteiger partial charge in [-0.25, -0.2) is 0 Å². The van der Waals surface area contributed by atoms with E-state index in [9.17, 15) is 14.7 Å². The Morgan fingerprint density at radius 1 is 1.33 bits per heavy atom. The van der Waals surface area contributed by atoms with Crippen LogP contribution < -0.4 is 10.1 Å². The van der Waals surface area contributed by atoms with Gasteiger partial charge in [0.15, 0.2) is 6.61 Å². The summed E-state index contributed by atoms with van der Waals surface area (Å²) in [6, 6.07) is 9.07. The SMILES string of the molecule is CC1(NC(=O)COc2ccccc2)CCCCC1C(=O)O. The highest BCUT2D eigenvalue weighted by molar-refractivity contribution is 5.80. The molecule has 1 aliphatic rings. The van der Waals surface area contributed by atoms with Gasteiger partial charge in [-0.3, -0.25) is 9.59 Å². The number of nitrogens with one attached hydrogen (secondary N) is 1. The molecule has 1 fully saturated rings. The highest BCUT2D eigenvalue weighted by atomic mass is 16.5. The average molecular weight is 291 g/mol. The molecule has 0 saturated heterocycles. The fourth-order valence-corrected chi connectivity index (χ4v) is 2.90. The largest absolute Gasteiger partial charge is 0.484 e. The van der Waals surface area contributed by atoms with Crippen molar-refractivity contribution in [3.63, 3.8) is 0 Å². The van der Waals surface area contributed by atoms with Gasteiger partial charge in [0.1, 0.15) is 5.75 Å². The molecule has 1 saturated carbocycles. The number of benzene rings is 1. The van der Waals surface area contributed by atoms with E-state index >= 15 is 0 Å². The van der Waals surface area contributed by atoms with Crippen molar-refractivity contribution in [1.82, 2.24) is 5.32 Å². The summed E-state index contributed by atoms with van der Waals surface area (Å²) in [5, 5.41) is 12.2. The molecule has 1 aromatic carbocycles. The van der Waals surface area contributed by atoms with E-state index in [2.05, 4.69) is 5.32 Å². The third-order valence-corrected chi connectivity index (χ3v) is 4.04. The predicted molar refractivity (Wildman–Crippen MR) is 78.1 cm³/mol. The first kappa shape index (κ1) is 15.4. The molecule has 2 atom stereocenters. The van der Waals surface area contributed by atoms with Gasteiger partial charge in [-0.15, -0.1) is 0 Å². The minimum Gasteiger partial charge on any atom is -0.484 e. The monoisotopic (exact) mass is 291 g/mol. The summed E-state index contributed by atoms with van der Waals surface area (Å²) in [5.74, 6) is -1.04. The molecule has 0 radical (unpaired) electrons. The van der Waals surface area contributed by atoms with E-state index in [1.807, 2.05) is 25.1 Å². The summed E-state index contributed by atoms with van der Waals surface area (Å²) in [6.45, 7) is 1.71. The van der Waals surface area contributed by atoms with Gasteiger partial charge in [0.05, 0.1) is 11.5 Å². The van der Waals surface area contributed by atoms with Gasteiger partial charge in [0.25, 0.3) is 5.91 Å². The molecule has 0 heterocycles. The van der Waals surface area contributed by atoms with Gasteiger partial charge >= 0.3 is 5.97 Å². The van der Waals surface area contributed by atoms with E-state index in [0.717, 1.165) is 12.8 Å². The number of carbonyl (C=O) groups excluding carboxylic acids is 1. The lowest BCUT2D eigenvalue weighted by atomic mass is 9.74. The molecule has 2 unspecified atom stereocenters. The zero-order valence-electron chi connectivity index (χ0n) is 12.2. The number of para-hydroxylation sites is 1. The van der Waals surface area contributed by atoms with E-state index < -0.39 is 17.4 Å². The van der Waals surface area contributed by atoms with Gasteiger partial charge in [0.2, 0.25) is 0 Å². The second kappa shape index (κ2) is 6.61. The molecule has 5 nitrogen and oxygen atoms in total. The quantitative estimate of drug-likeness (QED) is 0.872. The molecule has 5 heteroatoms. The summed E-state index contributed by atoms with van der Waals surface area (Å²) >= 11 is 0. The summed E-state index contributed by atoms with van der Waals surface area (Å²) in [7, 11) is 0. The molecule has 1 aromatic rings. The highest BCUT2D eigenvalue weighted by Gasteiger charge is 2.42. The predicted octanol–water partition coefficient (Wildman–Crippen LogP) is 2.22. The summed E-state index contributed by atoms with van der Waals surface area (Å²) in [6.07, 6.45) is 3.11. The van der Waals surface area contributed by atoms with Crippen LogP contribution in [0.15, 0.2) is 30.3 Å². The number of ether oxygens (including phenoxy) is 1. The van der Waals surface area contributed by atoms with Crippen molar-refractivity contribution in [3.05, 3.63) is 30.3 Å². The Bertz CT molecular complexity index is 502. The molecular weight excluding hydrogens is 270 g/mol. The van der Waals surface area contributed by atoms with E-state index in [4.69, 9.17) is 4.74 Å². The van der Waals surface area contributed by atoms with Crippen molar-refractivity contribution in [3.8, 4) is 5.75 Å². The van der Waals surface area contributed by atoms with Crippen LogP contribution in [0.25, 0.3) is 0 Å². The zero-order valence-corrected chi connectivity index (χ0v) is 12.2. The van der Waals surface area contributed by atoms with Crippen molar-refractivity contribution in [1.29, 1.82) is 0 Å². The fourth-order valence-electron chi connectivity index (χ4n) is 2.90. The number of hydrogen-bond donors (Lipinski definition) is 2. The van der Waals surface area contributed by atoms with E-state index in [-0.39, 0.29) is 12.5 Å². The van der Waals surface area contributed by atoms with Crippen LogP contribution in [-0.2, 0) is 9.59 Å². The molecule has 0 spiro atoms. The van der Waals surface area contributed by atoms with E-state index in [1.54, 1.807) is 12.1 Å². The van der Waals surface area contributed by atoms with Crippen LogP contribution in [0.5, 0.6) is 5.75 Å². The lowest BCUT2D eigenvalue weighted by Gasteiger charge is -2.39. The Morgan fingerprint density at radius 2 is 2.05 bits per heavy atom. The Kier molecular flexibility index (Phi) is 4.83. The molecule has 2 N–H and O–H groups in total. The molecule has 114 valence electrons. The van der Waals surface area contributed by atoms with Crippen LogP contribution in [-0.4, -0.2) is 29.1 Å². The van der Waals surface area contributed by atoms with Crippen LogP contribution in [0.4, 0.5) is 0 Å². The maximum atomic E-state index is 12.0. The van der Waals surface area contributed by atoms with Crippen molar-refractivity contribution in [2.24, 2.45) is 5.92 Å². The van der Waals surface area contributed by atoms with Crippen molar-refractivity contribution < 1.29 is 19.4 Å². The number of hydrogen-bond acceptors (Lipinski definition) is 3. The highest BCUT2D eigenvalue weighted by Crippen LogP contribution is 2.33. The van der Waals surface area contributed by atoms with Crippen LogP contribution in [0.2, 0.25) is 0 Å². The minimum absolute atomic E-state index is 0.105. The maximum Gasteiger partial charge on any atom is 0.308 e. The maximum absolute atomic E-state index is 12.0. The lowest BCUT2D eigenvalue weighted by molar-refractivity contribution is -0.146. The Balaban J connectivity index is 1.92. The number of carbonyl (C=O) groups is 2. The van der Waals surface area contributed by atoms with Gasteiger partial charge in [-0.05, 0) is 31.9 Å². The molecule has 0 aromatic heterocycles. The number of amides is 1. The van der Waals surface area contributed by atoms with E-state index in [0.29, 0.717) is 18.6 Å². The third kappa shape index (κ3) is 3.97. The average Bonchev–Trinajstić information content (AvgIpc) is 2.46. The summed E-state index contributed by atoms with van der Waals surface area (Å²) < 4.78 is 5.39. The van der Waals surface area contributed by atoms with Crippen molar-refractivity contribution in [2.75, 3.05) is 6.61 Å². The Morgan fingerprint density at radius 3 is 2.71 bits per heavy atom. The topological polar surface area (TPSA) is 75.6 Å². The molecule has 1 aliphatic carbocycles. The normalized spacial score (nSPS) is 25.1. The zero-order chi connectivity index (χ0) is 15.3. The molecule has 0 bridgehead atoms. The van der Waals surface area contributed by atoms with Crippen LogP contribution in [0.1, 0.15) is 32.6 Å². The van der Waals surface area contributed by atoms with Crippen molar-refractivity contribution in [2.45, 2.75) is 38.1 Å². The van der Waals surface area contributed by atoms with Gasteiger partial charge in [0, 0.05) is 0 Å². The van der Waals surface area contributed by atoms with Crippen LogP contribution in [0, 0.1) is 5.92 Å². The molecule has 1 amide bonds. The molecular formula is C16H21NO4. The third-order valence-electron chi connectivity index (χ3n) is 4.04. The van der Waals surface area contributed by atoms with Gasteiger partial charge < -0.3 is 15.2 Å². The summed E-state index contributed by atoms with van der Waals surface area (Å²) in [5.41, 5.74) is -0.693. The molecule has 21 heavy (non-hydrogen) atoms. The Labute approximate surface area is 124 Å². The minimum atomic E-state index is -0.846. The standard InChI is InChI=1S/C16H21NO4/c1-16(10-6-5-9-13(16)15(19)20)17-14(18)11-21-12-7-3-2-4-8-12/h2-4,7-8,13H,5-6,9-11H2,1H3,(H,17,18)(H,19,20). The first-order valence-corrected chi connectivity index (χ1v) is 7.23. The van der Waals surface area contributed by atoms with Gasteiger partial charge in [-0.1, -0.05) is 31.0 Å². The second-order valence-electron chi connectivity index (χ2n) is 5.70. The number of carboxylic acids is 1. The van der Waals surface area contributed by atoms with Crippen molar-refractivity contribution >= 4 is 11.9 Å². The first-order valence-electron chi connectivity index (χ1n) is 7.23. The second-order valence-corrected chi connectivity index (χ2v) is 5.70. The van der Waals surface area contributed by atoms with Gasteiger partial charge in [-0.2, -0.15) is 0 Å². The molecule has 2 rings (SSSR count). The number of rotatable bonds is 5. The lowest BCUT2D eigenvalue weighted by Crippen LogP contribution is -2.56. The van der Waals surface area contributed by atoms with E-state index in [1.165, 1.54) is 0 Å². The number of carboxylic acid groups (broad SMARTS) is 1.